The van der Waals surface area contributed by atoms with E-state index < -0.39 is 24.3 Å². The summed E-state index contributed by atoms with van der Waals surface area (Å²) in [6.45, 7) is 4.22. The number of aliphatic hydroxyl groups is 1. The van der Waals surface area contributed by atoms with E-state index in [1.54, 1.807) is 6.08 Å². The van der Waals surface area contributed by atoms with Gasteiger partial charge in [-0.2, -0.15) is 0 Å². The van der Waals surface area contributed by atoms with Crippen LogP contribution in [-0.4, -0.2) is 28.1 Å². The van der Waals surface area contributed by atoms with Gasteiger partial charge in [0, 0.05) is 11.8 Å². The number of carbonyl (C=O) groups is 2. The molecule has 0 aromatic heterocycles. The largest absolute Gasteiger partial charge is 0.481 e. The van der Waals surface area contributed by atoms with Crippen molar-refractivity contribution in [2.75, 3.05) is 0 Å². The Bertz CT molecular complexity index is 1100. The zero-order valence-electron chi connectivity index (χ0n) is 18.7. The predicted molar refractivity (Wildman–Crippen MR) is 126 cm³/mol. The number of aliphatic carboxylic acids is 1. The van der Waals surface area contributed by atoms with Crippen LogP contribution in [0.3, 0.4) is 0 Å². The number of carbonyl (C=O) groups excluding carboxylic acids is 1. The van der Waals surface area contributed by atoms with Crippen molar-refractivity contribution in [3.05, 3.63) is 88.0 Å². The van der Waals surface area contributed by atoms with Crippen LogP contribution in [0.15, 0.2) is 60.2 Å². The van der Waals surface area contributed by atoms with Gasteiger partial charge in [-0.3, -0.25) is 9.59 Å². The van der Waals surface area contributed by atoms with E-state index in [0.717, 1.165) is 25.7 Å². The van der Waals surface area contributed by atoms with Gasteiger partial charge < -0.3 is 10.2 Å². The molecule has 1 unspecified atom stereocenters. The minimum absolute atomic E-state index is 0.0785. The molecule has 0 aliphatic heterocycles. The Morgan fingerprint density at radius 3 is 2.38 bits per heavy atom. The minimum Gasteiger partial charge on any atom is -0.481 e. The number of hydrogen-bond donors (Lipinski definition) is 2. The molecular formula is C28H30O4. The van der Waals surface area contributed by atoms with Gasteiger partial charge in [0.2, 0.25) is 0 Å². The third-order valence-electron chi connectivity index (χ3n) is 6.73. The summed E-state index contributed by atoms with van der Waals surface area (Å²) in [7, 11) is 0. The highest BCUT2D eigenvalue weighted by Crippen LogP contribution is 2.57. The molecule has 4 heteroatoms. The summed E-state index contributed by atoms with van der Waals surface area (Å²) < 4.78 is 0. The Balaban J connectivity index is 1.81. The standard InChI is InChI=1S/C28H30O4/c1-18-13-19(2)15-20(14-18)27-23-7-3-4-8-24(23)28(11-5-6-12-28)25(27)10-9-21(29)16-22(30)17-26(31)32/h3-4,7-10,13-15,21,29H,5-6,11-12,16-17H2,1-2H3,(H,31,32)/b10-9+. The number of fused-ring (bicyclic) bond motifs is 2. The summed E-state index contributed by atoms with van der Waals surface area (Å²) in [6.07, 6.45) is 6.36. The molecule has 0 saturated heterocycles. The van der Waals surface area contributed by atoms with Gasteiger partial charge in [-0.05, 0) is 54.5 Å². The first-order valence-electron chi connectivity index (χ1n) is 11.3. The molecule has 0 heterocycles. The van der Waals surface area contributed by atoms with Gasteiger partial charge in [0.05, 0.1) is 6.10 Å². The van der Waals surface area contributed by atoms with Crippen LogP contribution in [0.25, 0.3) is 5.57 Å². The molecule has 32 heavy (non-hydrogen) atoms. The topological polar surface area (TPSA) is 74.6 Å². The van der Waals surface area contributed by atoms with E-state index in [4.69, 9.17) is 5.11 Å². The second-order valence-corrected chi connectivity index (χ2v) is 9.24. The SMILES string of the molecule is Cc1cc(C)cc(C2=C(/C=C/C(O)CC(=O)CC(=O)O)C3(CCCC3)c3ccccc32)c1. The number of aliphatic hydroxyl groups excluding tert-OH is 1. The van der Waals surface area contributed by atoms with Gasteiger partial charge in [0.15, 0.2) is 0 Å². The molecule has 2 aliphatic rings. The fourth-order valence-corrected chi connectivity index (χ4v) is 5.59. The van der Waals surface area contributed by atoms with Gasteiger partial charge in [0.25, 0.3) is 0 Å². The van der Waals surface area contributed by atoms with E-state index in [1.165, 1.54) is 39.0 Å². The molecule has 4 rings (SSSR count). The zero-order valence-corrected chi connectivity index (χ0v) is 18.7. The highest BCUT2D eigenvalue weighted by molar-refractivity contribution is 5.95. The molecule has 1 atom stereocenters. The Labute approximate surface area is 189 Å². The number of Topliss-reactive ketones (excluding diaryl/α,β-unsaturated/α-hetero) is 1. The molecule has 0 amide bonds. The molecule has 4 nitrogen and oxygen atoms in total. The molecule has 2 aliphatic carbocycles. The Kier molecular flexibility index (Phi) is 6.16. The lowest BCUT2D eigenvalue weighted by Gasteiger charge is -2.28. The quantitative estimate of drug-likeness (QED) is 0.586. The van der Waals surface area contributed by atoms with E-state index >= 15 is 0 Å². The molecule has 2 aromatic carbocycles. The van der Waals surface area contributed by atoms with Crippen LogP contribution in [0.5, 0.6) is 0 Å². The number of rotatable bonds is 7. The van der Waals surface area contributed by atoms with Crippen LogP contribution in [0.4, 0.5) is 0 Å². The summed E-state index contributed by atoms with van der Waals surface area (Å²) in [5, 5.41) is 19.3. The molecule has 1 spiro atoms. The van der Waals surface area contributed by atoms with E-state index in [2.05, 4.69) is 56.3 Å². The summed E-state index contributed by atoms with van der Waals surface area (Å²) >= 11 is 0. The molecular weight excluding hydrogens is 400 g/mol. The molecule has 0 bridgehead atoms. The average molecular weight is 431 g/mol. The van der Waals surface area contributed by atoms with Crippen molar-refractivity contribution < 1.29 is 19.8 Å². The minimum atomic E-state index is -1.16. The van der Waals surface area contributed by atoms with Gasteiger partial charge >= 0.3 is 5.97 Å². The number of carboxylic acids is 1. The zero-order chi connectivity index (χ0) is 22.9. The molecule has 2 aromatic rings. The van der Waals surface area contributed by atoms with Crippen LogP contribution in [-0.2, 0) is 15.0 Å². The normalized spacial score (nSPS) is 17.8. The summed E-state index contributed by atoms with van der Waals surface area (Å²) in [6, 6.07) is 15.2. The van der Waals surface area contributed by atoms with Crippen LogP contribution >= 0.6 is 0 Å². The van der Waals surface area contributed by atoms with Crippen molar-refractivity contribution in [2.45, 2.75) is 63.9 Å². The number of ketones is 1. The summed E-state index contributed by atoms with van der Waals surface area (Å²) in [5.74, 6) is -1.63. The third-order valence-corrected chi connectivity index (χ3v) is 6.73. The summed E-state index contributed by atoms with van der Waals surface area (Å²) in [4.78, 5) is 22.6. The van der Waals surface area contributed by atoms with Crippen LogP contribution < -0.4 is 0 Å². The van der Waals surface area contributed by atoms with Gasteiger partial charge in [-0.25, -0.2) is 0 Å². The lowest BCUT2D eigenvalue weighted by molar-refractivity contribution is -0.140. The maximum absolute atomic E-state index is 11.9. The fraction of sp³-hybridized carbons (Fsp3) is 0.357. The van der Waals surface area contributed by atoms with Gasteiger partial charge in [0.1, 0.15) is 12.2 Å². The number of carboxylic acid groups (broad SMARTS) is 1. The van der Waals surface area contributed by atoms with Crippen LogP contribution in [0.1, 0.15) is 66.3 Å². The first kappa shape index (κ1) is 22.2. The highest BCUT2D eigenvalue weighted by atomic mass is 16.4. The maximum atomic E-state index is 11.9. The number of benzene rings is 2. The first-order valence-corrected chi connectivity index (χ1v) is 11.3. The van der Waals surface area contributed by atoms with Crippen molar-refractivity contribution in [1.82, 2.24) is 0 Å². The van der Waals surface area contributed by atoms with Crippen molar-refractivity contribution in [3.63, 3.8) is 0 Å². The van der Waals surface area contributed by atoms with Crippen molar-refractivity contribution in [3.8, 4) is 0 Å². The molecule has 2 N–H and O–H groups in total. The van der Waals surface area contributed by atoms with E-state index in [0.29, 0.717) is 0 Å². The monoisotopic (exact) mass is 430 g/mol. The van der Waals surface area contributed by atoms with Crippen molar-refractivity contribution in [2.24, 2.45) is 0 Å². The number of allylic oxidation sites excluding steroid dienone is 2. The number of aryl methyl sites for hydroxylation is 2. The molecule has 1 fully saturated rings. The average Bonchev–Trinajstić information content (AvgIpc) is 3.30. The van der Waals surface area contributed by atoms with Crippen LogP contribution in [0, 0.1) is 13.8 Å². The summed E-state index contributed by atoms with van der Waals surface area (Å²) in [5.41, 5.74) is 8.51. The van der Waals surface area contributed by atoms with Crippen molar-refractivity contribution in [1.29, 1.82) is 0 Å². The van der Waals surface area contributed by atoms with E-state index in [-0.39, 0.29) is 11.8 Å². The lowest BCUT2D eigenvalue weighted by atomic mass is 9.75. The highest BCUT2D eigenvalue weighted by Gasteiger charge is 2.45. The second kappa shape index (κ2) is 8.87. The predicted octanol–water partition coefficient (Wildman–Crippen LogP) is 5.28. The molecule has 1 saturated carbocycles. The van der Waals surface area contributed by atoms with Crippen molar-refractivity contribution >= 4 is 17.3 Å². The van der Waals surface area contributed by atoms with Gasteiger partial charge in [-0.15, -0.1) is 0 Å². The first-order chi connectivity index (χ1) is 15.3. The molecule has 166 valence electrons. The second-order valence-electron chi connectivity index (χ2n) is 9.24. The lowest BCUT2D eigenvalue weighted by Crippen LogP contribution is -2.22. The Morgan fingerprint density at radius 2 is 1.72 bits per heavy atom. The fourth-order valence-electron chi connectivity index (χ4n) is 5.59. The van der Waals surface area contributed by atoms with E-state index in [9.17, 15) is 14.7 Å². The van der Waals surface area contributed by atoms with Gasteiger partial charge in [-0.1, -0.05) is 78.6 Å². The number of hydrogen-bond acceptors (Lipinski definition) is 3. The van der Waals surface area contributed by atoms with E-state index in [1.807, 2.05) is 6.08 Å². The Hall–Kier alpha value is -2.98. The molecule has 0 radical (unpaired) electrons. The van der Waals surface area contributed by atoms with Crippen LogP contribution in [0.2, 0.25) is 0 Å². The maximum Gasteiger partial charge on any atom is 0.310 e. The third kappa shape index (κ3) is 4.20. The smallest absolute Gasteiger partial charge is 0.310 e. The Morgan fingerprint density at radius 1 is 1.06 bits per heavy atom.